The quantitative estimate of drug-likeness (QED) is 0.0731. The minimum absolute atomic E-state index is 0.0378. The molecule has 17 heteroatoms. The third-order valence-corrected chi connectivity index (χ3v) is 10.8. The van der Waals surface area contributed by atoms with Crippen LogP contribution in [0.4, 0.5) is 5.69 Å². The minimum Gasteiger partial charge on any atom is -0.466 e. The van der Waals surface area contributed by atoms with Gasteiger partial charge in [-0.3, -0.25) is 19.7 Å². The first-order valence-electron chi connectivity index (χ1n) is 12.7. The van der Waals surface area contributed by atoms with E-state index in [1.54, 1.807) is 24.3 Å². The Morgan fingerprint density at radius 2 is 1.20 bits per heavy atom. The normalized spacial score (nSPS) is 11.5. The van der Waals surface area contributed by atoms with Crippen LogP contribution >= 0.6 is 53.2 Å². The number of fused-ring (bicyclic) bond motifs is 2. The molecule has 4 aromatic rings. The number of benzene rings is 4. The van der Waals surface area contributed by atoms with Crippen molar-refractivity contribution in [1.29, 1.82) is 0 Å². The van der Waals surface area contributed by atoms with Crippen LogP contribution in [-0.2, 0) is 50.0 Å². The molecular weight excluding hydrogens is 805 g/mol. The average molecular weight is 828 g/mol. The van der Waals surface area contributed by atoms with Crippen LogP contribution in [0, 0.1) is 10.1 Å². The van der Waals surface area contributed by atoms with E-state index in [4.69, 9.17) is 30.8 Å². The van der Waals surface area contributed by atoms with Crippen molar-refractivity contribution in [2.75, 3.05) is 13.2 Å². The summed E-state index contributed by atoms with van der Waals surface area (Å²) < 4.78 is 58.3. The highest BCUT2D eigenvalue weighted by atomic mass is 79.9. The van der Waals surface area contributed by atoms with Gasteiger partial charge in [0.25, 0.3) is 23.8 Å². The molecule has 0 aliphatic rings. The van der Waals surface area contributed by atoms with Gasteiger partial charge in [0, 0.05) is 73.8 Å². The molecule has 0 saturated heterocycles. The number of nitro benzene ring substituents is 1. The van der Waals surface area contributed by atoms with Crippen LogP contribution in [0.3, 0.4) is 0 Å². The third kappa shape index (κ3) is 9.36. The first kappa shape index (κ1) is 36.6. The van der Waals surface area contributed by atoms with Crippen molar-refractivity contribution in [2.24, 2.45) is 0 Å². The lowest BCUT2D eigenvalue weighted by molar-refractivity contribution is -0.383. The number of hydrogen-bond acceptors (Lipinski definition) is 10. The molecule has 0 bridgehead atoms. The van der Waals surface area contributed by atoms with Gasteiger partial charge in [0.15, 0.2) is 0 Å². The highest BCUT2D eigenvalue weighted by Crippen LogP contribution is 2.39. The first-order valence-corrected chi connectivity index (χ1v) is 18.9. The molecule has 0 saturated carbocycles. The molecule has 45 heavy (non-hydrogen) atoms. The molecule has 0 amide bonds. The Hall–Kier alpha value is -2.82. The van der Waals surface area contributed by atoms with Gasteiger partial charge in [0.1, 0.15) is 0 Å². The first-order chi connectivity index (χ1) is 20.9. The lowest BCUT2D eigenvalue weighted by Gasteiger charge is -2.12. The number of nitrogens with zero attached hydrogens (tertiary/aromatic N) is 1. The van der Waals surface area contributed by atoms with Gasteiger partial charge < -0.3 is 9.47 Å². The number of nitro groups is 1. The Morgan fingerprint density at radius 3 is 1.67 bits per heavy atom. The Morgan fingerprint density at radius 1 is 0.756 bits per heavy atom. The number of hydrogen-bond donors (Lipinski definition) is 0. The summed E-state index contributed by atoms with van der Waals surface area (Å²) in [6, 6.07) is 14.0. The summed E-state index contributed by atoms with van der Waals surface area (Å²) in [6.45, 7) is 2.79. The SMILES string of the molecule is CC(=O)OCCc1cc(S(=O)(=O)Cl)c2c([N+](=O)[O-])cccc2c1Br.CC(=O)OCCc1cc(S(=O)(=O)Cl)c2ccccc2c1Br. The molecule has 4 rings (SSSR count). The number of ether oxygens (including phenoxy) is 2. The van der Waals surface area contributed by atoms with Crippen LogP contribution in [0.25, 0.3) is 21.5 Å². The lowest BCUT2D eigenvalue weighted by Crippen LogP contribution is -2.05. The van der Waals surface area contributed by atoms with Gasteiger partial charge in [-0.05, 0) is 60.5 Å². The van der Waals surface area contributed by atoms with E-state index >= 15 is 0 Å². The topological polar surface area (TPSA) is 164 Å². The molecule has 0 spiro atoms. The van der Waals surface area contributed by atoms with E-state index in [1.807, 2.05) is 6.07 Å². The number of esters is 2. The Kier molecular flexibility index (Phi) is 12.4. The molecule has 0 heterocycles. The summed E-state index contributed by atoms with van der Waals surface area (Å²) in [6.07, 6.45) is 0.614. The van der Waals surface area contributed by atoms with E-state index in [0.29, 0.717) is 32.8 Å². The standard InChI is InChI=1S/C14H11BrClNO6S.C14H12BrClO4S/c1-8(18)23-6-5-9-7-12(24(16,21)22)13-10(14(9)15)3-2-4-11(13)17(19)20;1-9(17)20-7-6-10-8-13(21(16,18)19)11-4-2-3-5-12(11)14(10)15/h2-4,7H,5-6H2,1H3;2-5,8H,6-7H2,1H3. The van der Waals surface area contributed by atoms with Crippen LogP contribution in [0.1, 0.15) is 25.0 Å². The number of halogens is 4. The van der Waals surface area contributed by atoms with Gasteiger partial charge in [-0.1, -0.05) is 36.4 Å². The maximum Gasteiger partial charge on any atom is 0.302 e. The maximum absolute atomic E-state index is 11.9. The smallest absolute Gasteiger partial charge is 0.302 e. The van der Waals surface area contributed by atoms with Crippen LogP contribution in [0.15, 0.2) is 73.3 Å². The van der Waals surface area contributed by atoms with Gasteiger partial charge in [-0.15, -0.1) is 0 Å². The second-order valence-electron chi connectivity index (χ2n) is 9.25. The van der Waals surface area contributed by atoms with Gasteiger partial charge in [0.2, 0.25) is 0 Å². The highest BCUT2D eigenvalue weighted by molar-refractivity contribution is 9.11. The number of carbonyl (C=O) groups excluding carboxylic acids is 2. The third-order valence-electron chi connectivity index (χ3n) is 6.20. The summed E-state index contributed by atoms with van der Waals surface area (Å²) >= 11 is 6.80. The number of carbonyl (C=O) groups is 2. The zero-order valence-electron chi connectivity index (χ0n) is 23.4. The number of non-ortho nitro benzene ring substituents is 1. The van der Waals surface area contributed by atoms with Crippen molar-refractivity contribution in [3.63, 3.8) is 0 Å². The van der Waals surface area contributed by atoms with E-state index in [2.05, 4.69) is 31.9 Å². The van der Waals surface area contributed by atoms with E-state index < -0.39 is 29.0 Å². The van der Waals surface area contributed by atoms with E-state index in [0.717, 1.165) is 9.86 Å². The summed E-state index contributed by atoms with van der Waals surface area (Å²) in [5, 5.41) is 12.8. The molecule has 0 aliphatic heterocycles. The van der Waals surface area contributed by atoms with Crippen molar-refractivity contribution >= 4 is 110 Å². The molecule has 0 aromatic heterocycles. The van der Waals surface area contributed by atoms with Gasteiger partial charge in [-0.2, -0.15) is 0 Å². The fourth-order valence-electron chi connectivity index (χ4n) is 4.33. The van der Waals surface area contributed by atoms with Crippen LogP contribution in [-0.4, -0.2) is 46.9 Å². The highest BCUT2D eigenvalue weighted by Gasteiger charge is 2.25. The fraction of sp³-hybridized carbons (Fsp3) is 0.214. The van der Waals surface area contributed by atoms with Gasteiger partial charge in [-0.25, -0.2) is 16.8 Å². The van der Waals surface area contributed by atoms with E-state index in [-0.39, 0.29) is 46.5 Å². The van der Waals surface area contributed by atoms with Crippen molar-refractivity contribution in [3.05, 3.63) is 84.8 Å². The molecule has 0 fully saturated rings. The summed E-state index contributed by atoms with van der Waals surface area (Å²) in [5.74, 6) is -0.843. The van der Waals surface area contributed by atoms with Crippen LogP contribution in [0.2, 0.25) is 0 Å². The van der Waals surface area contributed by atoms with Gasteiger partial charge >= 0.3 is 11.9 Å². The molecule has 240 valence electrons. The van der Waals surface area contributed by atoms with Crippen molar-refractivity contribution < 1.29 is 40.8 Å². The van der Waals surface area contributed by atoms with Crippen LogP contribution < -0.4 is 0 Å². The van der Waals surface area contributed by atoms with Crippen molar-refractivity contribution in [1.82, 2.24) is 0 Å². The lowest BCUT2D eigenvalue weighted by atomic mass is 10.0. The van der Waals surface area contributed by atoms with E-state index in [9.17, 15) is 36.5 Å². The summed E-state index contributed by atoms with van der Waals surface area (Å²) in [7, 11) is 2.90. The molecule has 0 N–H and O–H groups in total. The maximum atomic E-state index is 11.9. The Labute approximate surface area is 284 Å². The molecule has 0 atom stereocenters. The Bertz CT molecular complexity index is 2040. The average Bonchev–Trinajstić information content (AvgIpc) is 2.94. The monoisotopic (exact) mass is 825 g/mol. The fourth-order valence-corrected chi connectivity index (χ4v) is 7.84. The zero-order valence-corrected chi connectivity index (χ0v) is 29.7. The molecule has 4 aromatic carbocycles. The minimum atomic E-state index is -4.23. The molecule has 11 nitrogen and oxygen atoms in total. The second-order valence-corrected chi connectivity index (χ2v) is 15.9. The largest absolute Gasteiger partial charge is 0.466 e. The van der Waals surface area contributed by atoms with Crippen molar-refractivity contribution in [2.45, 2.75) is 36.5 Å². The predicted molar refractivity (Wildman–Crippen MR) is 177 cm³/mol. The summed E-state index contributed by atoms with van der Waals surface area (Å²) in [5.41, 5.74) is 0.858. The van der Waals surface area contributed by atoms with E-state index in [1.165, 1.54) is 38.1 Å². The van der Waals surface area contributed by atoms with Crippen molar-refractivity contribution in [3.8, 4) is 0 Å². The molecular formula is C28H23Br2Cl2NO10S2. The predicted octanol–water partition coefficient (Wildman–Crippen LogP) is 7.18. The van der Waals surface area contributed by atoms with Gasteiger partial charge in [0.05, 0.1) is 33.3 Å². The molecule has 0 unspecified atom stereocenters. The number of rotatable bonds is 9. The molecule has 0 radical (unpaired) electrons. The molecule has 0 aliphatic carbocycles. The Balaban J connectivity index is 0.000000248. The second kappa shape index (κ2) is 15.2. The zero-order chi connectivity index (χ0) is 33.7. The van der Waals surface area contributed by atoms with Crippen LogP contribution in [0.5, 0.6) is 0 Å². The summed E-state index contributed by atoms with van der Waals surface area (Å²) in [4.78, 5) is 31.9.